The van der Waals surface area contributed by atoms with Crippen molar-refractivity contribution in [3.63, 3.8) is 0 Å². The summed E-state index contributed by atoms with van der Waals surface area (Å²) in [5.41, 5.74) is 2.64. The fraction of sp³-hybridized carbons (Fsp3) is 0.318. The van der Waals surface area contributed by atoms with Crippen LogP contribution in [0.2, 0.25) is 0 Å². The zero-order valence-electron chi connectivity index (χ0n) is 16.3. The molecule has 0 fully saturated rings. The monoisotopic (exact) mass is 395 g/mol. The van der Waals surface area contributed by atoms with Crippen LogP contribution in [0.3, 0.4) is 0 Å². The SMILES string of the molecule is CCN(CC)C(=O)c1ccc(CNC(=O)CCc2nc3ccccc3s2)cc1. The van der Waals surface area contributed by atoms with Gasteiger partial charge in [0, 0.05) is 38.0 Å². The van der Waals surface area contributed by atoms with Crippen molar-refractivity contribution in [2.45, 2.75) is 33.2 Å². The Morgan fingerprint density at radius 3 is 2.43 bits per heavy atom. The summed E-state index contributed by atoms with van der Waals surface area (Å²) in [4.78, 5) is 30.8. The molecule has 0 radical (unpaired) electrons. The Bertz CT molecular complexity index is 913. The summed E-state index contributed by atoms with van der Waals surface area (Å²) in [5.74, 6) is 0.0407. The molecule has 28 heavy (non-hydrogen) atoms. The molecule has 0 aliphatic rings. The number of hydrogen-bond acceptors (Lipinski definition) is 4. The van der Waals surface area contributed by atoms with Gasteiger partial charge in [-0.3, -0.25) is 9.59 Å². The number of benzene rings is 2. The highest BCUT2D eigenvalue weighted by Crippen LogP contribution is 2.22. The summed E-state index contributed by atoms with van der Waals surface area (Å²) < 4.78 is 1.15. The van der Waals surface area contributed by atoms with Gasteiger partial charge in [-0.2, -0.15) is 0 Å². The minimum Gasteiger partial charge on any atom is -0.352 e. The molecule has 2 aromatic carbocycles. The van der Waals surface area contributed by atoms with E-state index in [9.17, 15) is 9.59 Å². The number of aromatic nitrogens is 1. The van der Waals surface area contributed by atoms with E-state index in [1.54, 1.807) is 16.2 Å². The summed E-state index contributed by atoms with van der Waals surface area (Å²) in [6.45, 7) is 5.79. The van der Waals surface area contributed by atoms with Crippen molar-refractivity contribution in [3.05, 3.63) is 64.7 Å². The maximum Gasteiger partial charge on any atom is 0.253 e. The topological polar surface area (TPSA) is 62.3 Å². The van der Waals surface area contributed by atoms with Crippen LogP contribution in [0.5, 0.6) is 0 Å². The molecule has 0 aliphatic heterocycles. The fourth-order valence-electron chi connectivity index (χ4n) is 2.99. The molecule has 1 heterocycles. The molecule has 0 saturated carbocycles. The highest BCUT2D eigenvalue weighted by Gasteiger charge is 2.12. The van der Waals surface area contributed by atoms with Gasteiger partial charge in [-0.1, -0.05) is 24.3 Å². The summed E-state index contributed by atoms with van der Waals surface area (Å²) in [6, 6.07) is 15.4. The van der Waals surface area contributed by atoms with E-state index in [2.05, 4.69) is 10.3 Å². The second-order valence-corrected chi connectivity index (χ2v) is 7.64. The Morgan fingerprint density at radius 2 is 1.75 bits per heavy atom. The molecule has 6 heteroatoms. The van der Waals surface area contributed by atoms with Gasteiger partial charge in [0.1, 0.15) is 0 Å². The zero-order valence-corrected chi connectivity index (χ0v) is 17.1. The number of aryl methyl sites for hydroxylation is 1. The molecule has 3 rings (SSSR count). The fourth-order valence-corrected chi connectivity index (χ4v) is 3.96. The van der Waals surface area contributed by atoms with Gasteiger partial charge in [-0.25, -0.2) is 4.98 Å². The Hall–Kier alpha value is -2.73. The van der Waals surface area contributed by atoms with Crippen molar-refractivity contribution in [2.75, 3.05) is 13.1 Å². The van der Waals surface area contributed by atoms with Crippen LogP contribution in [0.25, 0.3) is 10.2 Å². The number of thiazole rings is 1. The zero-order chi connectivity index (χ0) is 19.9. The summed E-state index contributed by atoms with van der Waals surface area (Å²) >= 11 is 1.64. The van der Waals surface area contributed by atoms with Crippen molar-refractivity contribution < 1.29 is 9.59 Å². The van der Waals surface area contributed by atoms with Gasteiger partial charge in [0.2, 0.25) is 5.91 Å². The molecule has 3 aromatic rings. The smallest absolute Gasteiger partial charge is 0.253 e. The number of nitrogens with one attached hydrogen (secondary N) is 1. The van der Waals surface area contributed by atoms with E-state index in [0.717, 1.165) is 20.8 Å². The van der Waals surface area contributed by atoms with E-state index in [-0.39, 0.29) is 11.8 Å². The lowest BCUT2D eigenvalue weighted by molar-refractivity contribution is -0.121. The second-order valence-electron chi connectivity index (χ2n) is 6.53. The molecular weight excluding hydrogens is 370 g/mol. The van der Waals surface area contributed by atoms with Crippen LogP contribution >= 0.6 is 11.3 Å². The van der Waals surface area contributed by atoms with Crippen molar-refractivity contribution in [1.29, 1.82) is 0 Å². The molecule has 5 nitrogen and oxygen atoms in total. The molecule has 146 valence electrons. The quantitative estimate of drug-likeness (QED) is 0.626. The maximum atomic E-state index is 12.3. The highest BCUT2D eigenvalue weighted by atomic mass is 32.1. The second kappa shape index (κ2) is 9.46. The van der Waals surface area contributed by atoms with Crippen LogP contribution in [0.15, 0.2) is 48.5 Å². The van der Waals surface area contributed by atoms with E-state index in [4.69, 9.17) is 0 Å². The van der Waals surface area contributed by atoms with Crippen LogP contribution in [0.4, 0.5) is 0 Å². The van der Waals surface area contributed by atoms with Crippen molar-refractivity contribution in [1.82, 2.24) is 15.2 Å². The third-order valence-electron chi connectivity index (χ3n) is 4.65. The van der Waals surface area contributed by atoms with Crippen LogP contribution in [0, 0.1) is 0 Å². The minimum absolute atomic E-state index is 0.00236. The Balaban J connectivity index is 1.48. The predicted octanol–water partition coefficient (Wildman–Crippen LogP) is 4.03. The highest BCUT2D eigenvalue weighted by molar-refractivity contribution is 7.18. The van der Waals surface area contributed by atoms with E-state index >= 15 is 0 Å². The molecule has 0 saturated heterocycles. The van der Waals surface area contributed by atoms with Gasteiger partial charge in [0.25, 0.3) is 5.91 Å². The van der Waals surface area contributed by atoms with E-state index in [1.807, 2.05) is 62.4 Å². The van der Waals surface area contributed by atoms with Gasteiger partial charge in [0.15, 0.2) is 0 Å². The molecular formula is C22H25N3O2S. The number of nitrogens with zero attached hydrogens (tertiary/aromatic N) is 2. The summed E-state index contributed by atoms with van der Waals surface area (Å²) in [7, 11) is 0. The number of amides is 2. The van der Waals surface area contributed by atoms with Crippen LogP contribution in [-0.2, 0) is 17.8 Å². The van der Waals surface area contributed by atoms with E-state index in [1.165, 1.54) is 0 Å². The Labute approximate surface area is 169 Å². The molecule has 0 spiro atoms. The third-order valence-corrected chi connectivity index (χ3v) is 5.74. The number of carbonyl (C=O) groups is 2. The Kier molecular flexibility index (Phi) is 6.76. The lowest BCUT2D eigenvalue weighted by atomic mass is 10.1. The largest absolute Gasteiger partial charge is 0.352 e. The first-order valence-electron chi connectivity index (χ1n) is 9.60. The molecule has 2 amide bonds. The molecule has 0 atom stereocenters. The number of carbonyl (C=O) groups excluding carboxylic acids is 2. The average Bonchev–Trinajstić information content (AvgIpc) is 3.15. The van der Waals surface area contributed by atoms with Gasteiger partial charge in [0.05, 0.1) is 15.2 Å². The number of fused-ring (bicyclic) bond motifs is 1. The normalized spacial score (nSPS) is 10.8. The minimum atomic E-state index is 0.00236. The van der Waals surface area contributed by atoms with Gasteiger partial charge in [-0.05, 0) is 43.7 Å². The first kappa shape index (κ1) is 20.0. The summed E-state index contributed by atoms with van der Waals surface area (Å²) in [6.07, 6.45) is 1.06. The van der Waals surface area contributed by atoms with Gasteiger partial charge in [-0.15, -0.1) is 11.3 Å². The first-order chi connectivity index (χ1) is 13.6. The predicted molar refractivity (Wildman–Crippen MR) is 113 cm³/mol. The van der Waals surface area contributed by atoms with Gasteiger partial charge < -0.3 is 10.2 Å². The van der Waals surface area contributed by atoms with Crippen molar-refractivity contribution in [2.24, 2.45) is 0 Å². The maximum absolute atomic E-state index is 12.3. The Morgan fingerprint density at radius 1 is 1.04 bits per heavy atom. The lowest BCUT2D eigenvalue weighted by Gasteiger charge is -2.18. The number of para-hydroxylation sites is 1. The standard InChI is InChI=1S/C22H25N3O2S/c1-3-25(4-2)22(27)17-11-9-16(10-12-17)15-23-20(26)13-14-21-24-18-7-5-6-8-19(18)28-21/h5-12H,3-4,13-15H2,1-2H3,(H,23,26). The van der Waals surface area contributed by atoms with Crippen LogP contribution in [0.1, 0.15) is 41.2 Å². The molecule has 1 aromatic heterocycles. The average molecular weight is 396 g/mol. The van der Waals surface area contributed by atoms with Gasteiger partial charge >= 0.3 is 0 Å². The molecule has 0 unspecified atom stereocenters. The third kappa shape index (κ3) is 4.95. The molecule has 1 N–H and O–H groups in total. The number of rotatable bonds is 8. The molecule has 0 bridgehead atoms. The van der Waals surface area contributed by atoms with Crippen LogP contribution < -0.4 is 5.32 Å². The van der Waals surface area contributed by atoms with Crippen LogP contribution in [-0.4, -0.2) is 34.8 Å². The van der Waals surface area contributed by atoms with Crippen molar-refractivity contribution in [3.8, 4) is 0 Å². The first-order valence-corrected chi connectivity index (χ1v) is 10.4. The van der Waals surface area contributed by atoms with Crippen molar-refractivity contribution >= 4 is 33.4 Å². The van der Waals surface area contributed by atoms with E-state index in [0.29, 0.717) is 38.0 Å². The number of hydrogen-bond donors (Lipinski definition) is 1. The lowest BCUT2D eigenvalue weighted by Crippen LogP contribution is -2.30. The molecule has 0 aliphatic carbocycles. The van der Waals surface area contributed by atoms with E-state index < -0.39 is 0 Å². The summed E-state index contributed by atoms with van der Waals surface area (Å²) in [5, 5.41) is 3.92.